The maximum absolute atomic E-state index is 8.00. The van der Waals surface area contributed by atoms with E-state index >= 15 is 0 Å². The van der Waals surface area contributed by atoms with Gasteiger partial charge in [-0.15, -0.1) is 0 Å². The molecule has 1 aromatic heterocycles. The van der Waals surface area contributed by atoms with E-state index in [2.05, 4.69) is 9.97 Å². The van der Waals surface area contributed by atoms with Crippen LogP contribution < -0.4 is 4.74 Å². The summed E-state index contributed by atoms with van der Waals surface area (Å²) in [6.07, 6.45) is 4.74. The number of carbonyl (C=O) groups excluding carboxylic acids is 1. The normalized spacial score (nSPS) is 7.30. The molecule has 0 amide bonds. The molecule has 0 aliphatic carbocycles. The van der Waals surface area contributed by atoms with Gasteiger partial charge in [-0.3, -0.25) is 4.98 Å². The topological polar surface area (TPSA) is 52.1 Å². The number of carbonyl (C=O) groups is 1. The lowest BCUT2D eigenvalue weighted by Gasteiger charge is -1.91. The molecule has 54 valence electrons. The van der Waals surface area contributed by atoms with Gasteiger partial charge in [0.2, 0.25) is 5.88 Å². The van der Waals surface area contributed by atoms with Crippen molar-refractivity contribution >= 4 is 6.79 Å². The minimum absolute atomic E-state index is 0.549. The first-order chi connectivity index (χ1) is 4.93. The van der Waals surface area contributed by atoms with Crippen molar-refractivity contribution < 1.29 is 9.53 Å². The average Bonchev–Trinajstić information content (AvgIpc) is 2.10. The van der Waals surface area contributed by atoms with E-state index in [4.69, 9.17) is 9.53 Å². The Morgan fingerprint density at radius 1 is 1.50 bits per heavy atom. The van der Waals surface area contributed by atoms with E-state index in [1.807, 2.05) is 6.79 Å². The zero-order valence-corrected chi connectivity index (χ0v) is 5.65. The van der Waals surface area contributed by atoms with Gasteiger partial charge in [0, 0.05) is 12.4 Å². The summed E-state index contributed by atoms with van der Waals surface area (Å²) in [6.45, 7) is 2.00. The lowest BCUT2D eigenvalue weighted by atomic mass is 10.7. The fourth-order valence-electron chi connectivity index (χ4n) is 0.391. The van der Waals surface area contributed by atoms with Gasteiger partial charge in [-0.25, -0.2) is 4.98 Å². The molecule has 4 heteroatoms. The first kappa shape index (κ1) is 8.55. The molecule has 1 heterocycles. The zero-order valence-electron chi connectivity index (χ0n) is 5.65. The highest BCUT2D eigenvalue weighted by molar-refractivity contribution is 5.11. The summed E-state index contributed by atoms with van der Waals surface area (Å²) in [5.74, 6) is 0.549. The minimum Gasteiger partial charge on any atom is -0.480 e. The molecular weight excluding hydrogens is 132 g/mol. The van der Waals surface area contributed by atoms with Gasteiger partial charge >= 0.3 is 0 Å². The van der Waals surface area contributed by atoms with Crippen LogP contribution in [0.2, 0.25) is 0 Å². The summed E-state index contributed by atoms with van der Waals surface area (Å²) in [4.78, 5) is 15.6. The summed E-state index contributed by atoms with van der Waals surface area (Å²) >= 11 is 0. The van der Waals surface area contributed by atoms with Gasteiger partial charge in [0.25, 0.3) is 0 Å². The zero-order chi connectivity index (χ0) is 7.82. The van der Waals surface area contributed by atoms with E-state index in [1.165, 1.54) is 0 Å². The molecule has 0 spiro atoms. The Hall–Kier alpha value is -1.45. The van der Waals surface area contributed by atoms with Crippen molar-refractivity contribution in [3.05, 3.63) is 18.6 Å². The van der Waals surface area contributed by atoms with Crippen LogP contribution in [0.5, 0.6) is 5.88 Å². The van der Waals surface area contributed by atoms with Gasteiger partial charge in [0.05, 0.1) is 13.3 Å². The van der Waals surface area contributed by atoms with Gasteiger partial charge in [-0.1, -0.05) is 0 Å². The van der Waals surface area contributed by atoms with E-state index in [0.717, 1.165) is 0 Å². The lowest BCUT2D eigenvalue weighted by molar-refractivity contribution is -0.0979. The standard InChI is InChI=1S/C5H6N2O.CH2O/c1-8-5-4-6-2-3-7-5;1-2/h2-4H,1H3;1H2. The molecule has 0 atom stereocenters. The Labute approximate surface area is 58.9 Å². The summed E-state index contributed by atoms with van der Waals surface area (Å²) in [5.41, 5.74) is 0. The van der Waals surface area contributed by atoms with Crippen molar-refractivity contribution in [2.75, 3.05) is 7.11 Å². The Bertz CT molecular complexity index is 167. The van der Waals surface area contributed by atoms with E-state index in [0.29, 0.717) is 5.88 Å². The second kappa shape index (κ2) is 5.68. The van der Waals surface area contributed by atoms with Crippen molar-refractivity contribution in [1.82, 2.24) is 9.97 Å². The molecule has 0 saturated carbocycles. The number of aromatic nitrogens is 2. The molecule has 0 N–H and O–H groups in total. The quantitative estimate of drug-likeness (QED) is 0.563. The largest absolute Gasteiger partial charge is 0.480 e. The maximum atomic E-state index is 8.00. The van der Waals surface area contributed by atoms with Crippen LogP contribution in [0.3, 0.4) is 0 Å². The maximum Gasteiger partial charge on any atom is 0.231 e. The number of hydrogen-bond donors (Lipinski definition) is 0. The summed E-state index contributed by atoms with van der Waals surface area (Å²) in [5, 5.41) is 0. The summed E-state index contributed by atoms with van der Waals surface area (Å²) in [6, 6.07) is 0. The van der Waals surface area contributed by atoms with Gasteiger partial charge in [0.15, 0.2) is 0 Å². The van der Waals surface area contributed by atoms with Crippen molar-refractivity contribution in [3.63, 3.8) is 0 Å². The van der Waals surface area contributed by atoms with E-state index in [-0.39, 0.29) is 0 Å². The van der Waals surface area contributed by atoms with Crippen LogP contribution in [-0.2, 0) is 4.79 Å². The minimum atomic E-state index is 0.549. The third-order valence-corrected chi connectivity index (χ3v) is 0.749. The molecule has 0 aliphatic heterocycles. The van der Waals surface area contributed by atoms with E-state index in [1.54, 1.807) is 25.7 Å². The first-order valence-corrected chi connectivity index (χ1v) is 2.52. The summed E-state index contributed by atoms with van der Waals surface area (Å²) < 4.78 is 4.74. The number of ether oxygens (including phenoxy) is 1. The van der Waals surface area contributed by atoms with Crippen LogP contribution in [0.1, 0.15) is 0 Å². The fraction of sp³-hybridized carbons (Fsp3) is 0.167. The lowest BCUT2D eigenvalue weighted by Crippen LogP contribution is -1.85. The third-order valence-electron chi connectivity index (χ3n) is 0.749. The molecule has 0 unspecified atom stereocenters. The smallest absolute Gasteiger partial charge is 0.231 e. The van der Waals surface area contributed by atoms with Crippen LogP contribution >= 0.6 is 0 Å². The van der Waals surface area contributed by atoms with Crippen LogP contribution in [0.15, 0.2) is 18.6 Å². The molecular formula is C6H8N2O2. The van der Waals surface area contributed by atoms with Crippen LogP contribution in [0.25, 0.3) is 0 Å². The fourth-order valence-corrected chi connectivity index (χ4v) is 0.391. The monoisotopic (exact) mass is 140 g/mol. The molecule has 0 fully saturated rings. The third kappa shape index (κ3) is 2.76. The molecule has 10 heavy (non-hydrogen) atoms. The highest BCUT2D eigenvalue weighted by Gasteiger charge is 1.83. The van der Waals surface area contributed by atoms with Gasteiger partial charge in [-0.05, 0) is 0 Å². The average molecular weight is 140 g/mol. The predicted octanol–water partition coefficient (Wildman–Crippen LogP) is 0.300. The first-order valence-electron chi connectivity index (χ1n) is 2.52. The van der Waals surface area contributed by atoms with E-state index < -0.39 is 0 Å². The molecule has 0 aromatic carbocycles. The predicted molar refractivity (Wildman–Crippen MR) is 35.7 cm³/mol. The number of rotatable bonds is 1. The van der Waals surface area contributed by atoms with Crippen molar-refractivity contribution in [3.8, 4) is 5.88 Å². The number of hydrogen-bond acceptors (Lipinski definition) is 4. The molecule has 1 aromatic rings. The Morgan fingerprint density at radius 2 is 2.20 bits per heavy atom. The Balaban J connectivity index is 0.000000371. The van der Waals surface area contributed by atoms with Crippen molar-refractivity contribution in [2.45, 2.75) is 0 Å². The summed E-state index contributed by atoms with van der Waals surface area (Å²) in [7, 11) is 1.56. The van der Waals surface area contributed by atoms with Crippen LogP contribution in [0, 0.1) is 0 Å². The van der Waals surface area contributed by atoms with Crippen LogP contribution in [-0.4, -0.2) is 23.9 Å². The second-order valence-electron chi connectivity index (χ2n) is 1.25. The molecule has 0 bridgehead atoms. The van der Waals surface area contributed by atoms with Gasteiger partial charge in [0.1, 0.15) is 6.79 Å². The molecule has 0 radical (unpaired) electrons. The van der Waals surface area contributed by atoms with Crippen molar-refractivity contribution in [1.29, 1.82) is 0 Å². The van der Waals surface area contributed by atoms with Crippen LogP contribution in [0.4, 0.5) is 0 Å². The SMILES string of the molecule is C=O.COc1cnccn1. The molecule has 1 rings (SSSR count). The Morgan fingerprint density at radius 3 is 2.50 bits per heavy atom. The molecule has 0 aliphatic rings. The molecule has 4 nitrogen and oxygen atoms in total. The van der Waals surface area contributed by atoms with Crippen molar-refractivity contribution in [2.24, 2.45) is 0 Å². The van der Waals surface area contributed by atoms with E-state index in [9.17, 15) is 0 Å². The number of nitrogens with zero attached hydrogens (tertiary/aromatic N) is 2. The Kier molecular flexibility index (Phi) is 4.86. The second-order valence-corrected chi connectivity index (χ2v) is 1.25. The molecule has 0 saturated heterocycles. The number of methoxy groups -OCH3 is 1. The van der Waals surface area contributed by atoms with Gasteiger partial charge in [-0.2, -0.15) is 0 Å². The highest BCUT2D eigenvalue weighted by Crippen LogP contribution is 1.96. The van der Waals surface area contributed by atoms with Gasteiger partial charge < -0.3 is 9.53 Å². The highest BCUT2D eigenvalue weighted by atomic mass is 16.5.